The molecule has 0 bridgehead atoms. The average molecular weight is 481 g/mol. The molecule has 0 radical (unpaired) electrons. The molecular formula is C26H19F3N2O2S. The van der Waals surface area contributed by atoms with E-state index < -0.39 is 17.6 Å². The molecule has 2 amide bonds. The van der Waals surface area contributed by atoms with E-state index in [1.165, 1.54) is 6.07 Å². The molecule has 0 aliphatic heterocycles. The number of alkyl halides is 3. The first kappa shape index (κ1) is 23.4. The molecule has 0 atom stereocenters. The molecule has 0 fully saturated rings. The molecule has 4 nitrogen and oxygen atoms in total. The zero-order chi connectivity index (χ0) is 24.1. The molecule has 2 N–H and O–H groups in total. The highest BCUT2D eigenvalue weighted by Gasteiger charge is 2.30. The van der Waals surface area contributed by atoms with E-state index in [0.717, 1.165) is 34.7 Å². The summed E-state index contributed by atoms with van der Waals surface area (Å²) in [5.74, 6) is -0.829. The molecule has 0 saturated heterocycles. The van der Waals surface area contributed by atoms with Crippen LogP contribution in [0.15, 0.2) is 101 Å². The number of carbonyl (C=O) groups excluding carboxylic acids is 2. The predicted octanol–water partition coefficient (Wildman–Crippen LogP) is 6.38. The average Bonchev–Trinajstić information content (AvgIpc) is 2.83. The molecule has 4 rings (SSSR count). The first-order valence-corrected chi connectivity index (χ1v) is 11.1. The minimum atomic E-state index is -4.44. The highest BCUT2D eigenvalue weighted by molar-refractivity contribution is 7.99. The first-order valence-electron chi connectivity index (χ1n) is 10.3. The summed E-state index contributed by atoms with van der Waals surface area (Å²) in [7, 11) is 0. The Labute approximate surface area is 198 Å². The van der Waals surface area contributed by atoms with Crippen molar-refractivity contribution in [3.05, 3.63) is 102 Å². The molecule has 0 heterocycles. The number of anilines is 1. The molecule has 34 heavy (non-hydrogen) atoms. The van der Waals surface area contributed by atoms with Gasteiger partial charge in [0.15, 0.2) is 0 Å². The zero-order valence-corrected chi connectivity index (χ0v) is 18.5. The molecule has 0 saturated carbocycles. The number of halogens is 3. The van der Waals surface area contributed by atoms with Gasteiger partial charge in [0.1, 0.15) is 0 Å². The third-order valence-corrected chi connectivity index (χ3v) is 6.06. The minimum absolute atomic E-state index is 0.259. The highest BCUT2D eigenvalue weighted by Crippen LogP contribution is 2.37. The van der Waals surface area contributed by atoms with Gasteiger partial charge in [0.25, 0.3) is 5.91 Å². The summed E-state index contributed by atoms with van der Waals surface area (Å²) < 4.78 is 39.0. The van der Waals surface area contributed by atoms with Gasteiger partial charge in [0.05, 0.1) is 17.8 Å². The smallest absolute Gasteiger partial charge is 0.343 e. The second kappa shape index (κ2) is 10.0. The fraction of sp³-hybridized carbons (Fsp3) is 0.0769. The van der Waals surface area contributed by atoms with E-state index in [4.69, 9.17) is 0 Å². The maximum atomic E-state index is 13.0. The Morgan fingerprint density at radius 3 is 2.35 bits per heavy atom. The maximum absolute atomic E-state index is 13.0. The van der Waals surface area contributed by atoms with Crippen molar-refractivity contribution in [1.29, 1.82) is 0 Å². The summed E-state index contributed by atoms with van der Waals surface area (Å²) in [5, 5.41) is 7.04. The van der Waals surface area contributed by atoms with Crippen molar-refractivity contribution in [1.82, 2.24) is 5.32 Å². The molecule has 4 aromatic carbocycles. The third-order valence-electron chi connectivity index (χ3n) is 4.99. The maximum Gasteiger partial charge on any atom is 0.416 e. The van der Waals surface area contributed by atoms with Gasteiger partial charge in [-0.25, -0.2) is 0 Å². The van der Waals surface area contributed by atoms with Crippen molar-refractivity contribution in [2.24, 2.45) is 0 Å². The Morgan fingerprint density at radius 2 is 1.53 bits per heavy atom. The van der Waals surface area contributed by atoms with Gasteiger partial charge in [-0.1, -0.05) is 66.4 Å². The Hall–Kier alpha value is -3.78. The quantitative estimate of drug-likeness (QED) is 0.337. The van der Waals surface area contributed by atoms with Crippen LogP contribution in [0.1, 0.15) is 15.9 Å². The van der Waals surface area contributed by atoms with Crippen LogP contribution in [0.25, 0.3) is 10.8 Å². The number of rotatable bonds is 6. The van der Waals surface area contributed by atoms with E-state index in [9.17, 15) is 22.8 Å². The van der Waals surface area contributed by atoms with Gasteiger partial charge in [-0.05, 0) is 47.2 Å². The monoisotopic (exact) mass is 480 g/mol. The molecule has 0 unspecified atom stereocenters. The lowest BCUT2D eigenvalue weighted by atomic mass is 10.0. The standard InChI is InChI=1S/C26H19F3N2O2S/c27-26(28,29)18-9-6-10-19(15-18)34-23-14-4-3-13-22(23)31-24(32)16-30-25(33)21-12-5-8-17-7-1-2-11-20(17)21/h1-15H,16H2,(H,30,33)(H,31,32). The molecule has 172 valence electrons. The Morgan fingerprint density at radius 1 is 0.824 bits per heavy atom. The Balaban J connectivity index is 1.43. The Kier molecular flexibility index (Phi) is 6.88. The summed E-state index contributed by atoms with van der Waals surface area (Å²) in [6.07, 6.45) is -4.44. The third kappa shape index (κ3) is 5.58. The number of para-hydroxylation sites is 1. The fourth-order valence-electron chi connectivity index (χ4n) is 3.40. The van der Waals surface area contributed by atoms with Gasteiger partial charge in [-0.15, -0.1) is 0 Å². The minimum Gasteiger partial charge on any atom is -0.343 e. The van der Waals surface area contributed by atoms with E-state index in [-0.39, 0.29) is 12.5 Å². The summed E-state index contributed by atoms with van der Waals surface area (Å²) in [6.45, 7) is -0.259. The largest absolute Gasteiger partial charge is 0.416 e. The Bertz CT molecular complexity index is 1350. The number of hydrogen-bond acceptors (Lipinski definition) is 3. The lowest BCUT2D eigenvalue weighted by Gasteiger charge is -2.13. The SMILES string of the molecule is O=C(CNC(=O)c1cccc2ccccc12)Nc1ccccc1Sc1cccc(C(F)(F)F)c1. The van der Waals surface area contributed by atoms with Crippen LogP contribution in [0.2, 0.25) is 0 Å². The van der Waals surface area contributed by atoms with Crippen LogP contribution >= 0.6 is 11.8 Å². The van der Waals surface area contributed by atoms with E-state index in [1.54, 1.807) is 42.5 Å². The van der Waals surface area contributed by atoms with Gasteiger partial charge >= 0.3 is 6.18 Å². The van der Waals surface area contributed by atoms with Gasteiger partial charge in [0.2, 0.25) is 5.91 Å². The lowest BCUT2D eigenvalue weighted by Crippen LogP contribution is -2.33. The number of fused-ring (bicyclic) bond motifs is 1. The van der Waals surface area contributed by atoms with Crippen molar-refractivity contribution in [3.63, 3.8) is 0 Å². The second-order valence-electron chi connectivity index (χ2n) is 7.38. The molecule has 4 aromatic rings. The summed E-state index contributed by atoms with van der Waals surface area (Å²) in [4.78, 5) is 26.1. The lowest BCUT2D eigenvalue weighted by molar-refractivity contribution is -0.137. The van der Waals surface area contributed by atoms with Crippen LogP contribution in [-0.4, -0.2) is 18.4 Å². The van der Waals surface area contributed by atoms with Crippen LogP contribution in [0.5, 0.6) is 0 Å². The van der Waals surface area contributed by atoms with E-state index >= 15 is 0 Å². The number of nitrogens with one attached hydrogen (secondary N) is 2. The summed E-state index contributed by atoms with van der Waals surface area (Å²) in [5.41, 5.74) is 0.163. The van der Waals surface area contributed by atoms with E-state index in [0.29, 0.717) is 21.0 Å². The van der Waals surface area contributed by atoms with E-state index in [1.807, 2.05) is 30.3 Å². The summed E-state index contributed by atoms with van der Waals surface area (Å²) >= 11 is 1.11. The topological polar surface area (TPSA) is 58.2 Å². The zero-order valence-electron chi connectivity index (χ0n) is 17.7. The predicted molar refractivity (Wildman–Crippen MR) is 127 cm³/mol. The molecule has 8 heteroatoms. The number of carbonyl (C=O) groups is 2. The highest BCUT2D eigenvalue weighted by atomic mass is 32.2. The van der Waals surface area contributed by atoms with E-state index in [2.05, 4.69) is 10.6 Å². The molecule has 0 spiro atoms. The molecular weight excluding hydrogens is 461 g/mol. The van der Waals surface area contributed by atoms with Crippen LogP contribution in [0.3, 0.4) is 0 Å². The fourth-order valence-corrected chi connectivity index (χ4v) is 4.36. The van der Waals surface area contributed by atoms with Gasteiger partial charge in [-0.2, -0.15) is 13.2 Å². The van der Waals surface area contributed by atoms with Gasteiger partial charge < -0.3 is 10.6 Å². The normalized spacial score (nSPS) is 11.3. The van der Waals surface area contributed by atoms with Crippen LogP contribution in [-0.2, 0) is 11.0 Å². The van der Waals surface area contributed by atoms with Crippen molar-refractivity contribution in [3.8, 4) is 0 Å². The van der Waals surface area contributed by atoms with Crippen molar-refractivity contribution in [2.45, 2.75) is 16.0 Å². The molecule has 0 aromatic heterocycles. The van der Waals surface area contributed by atoms with Gasteiger partial charge in [-0.3, -0.25) is 9.59 Å². The van der Waals surface area contributed by atoms with Crippen LogP contribution < -0.4 is 10.6 Å². The number of hydrogen-bond donors (Lipinski definition) is 2. The number of benzene rings is 4. The van der Waals surface area contributed by atoms with Crippen molar-refractivity contribution >= 4 is 40.0 Å². The van der Waals surface area contributed by atoms with Crippen LogP contribution in [0.4, 0.5) is 18.9 Å². The van der Waals surface area contributed by atoms with Crippen molar-refractivity contribution in [2.75, 3.05) is 11.9 Å². The van der Waals surface area contributed by atoms with Crippen molar-refractivity contribution < 1.29 is 22.8 Å². The van der Waals surface area contributed by atoms with Crippen LogP contribution in [0, 0.1) is 0 Å². The first-order chi connectivity index (χ1) is 16.3. The summed E-state index contributed by atoms with van der Waals surface area (Å²) in [6, 6.07) is 24.6. The second-order valence-corrected chi connectivity index (χ2v) is 8.50. The molecule has 0 aliphatic rings. The molecule has 0 aliphatic carbocycles. The van der Waals surface area contributed by atoms with Gasteiger partial charge in [0, 0.05) is 15.4 Å². The number of amides is 2.